The summed E-state index contributed by atoms with van der Waals surface area (Å²) in [6.45, 7) is 5.97. The highest BCUT2D eigenvalue weighted by Gasteiger charge is 2.22. The van der Waals surface area contributed by atoms with Gasteiger partial charge in [-0.15, -0.1) is 0 Å². The Bertz CT molecular complexity index is 1300. The zero-order chi connectivity index (χ0) is 24.3. The number of benzene rings is 1. The van der Waals surface area contributed by atoms with E-state index >= 15 is 0 Å². The van der Waals surface area contributed by atoms with Gasteiger partial charge in [0.05, 0.1) is 0 Å². The molecule has 0 saturated heterocycles. The second-order valence-corrected chi connectivity index (χ2v) is 8.75. The van der Waals surface area contributed by atoms with Crippen LogP contribution in [0.25, 0.3) is 11.2 Å². The van der Waals surface area contributed by atoms with Crippen LogP contribution in [-0.2, 0) is 25.4 Å². The number of carbonyl (C=O) groups is 2. The lowest BCUT2D eigenvalue weighted by molar-refractivity contribution is -0.123. The summed E-state index contributed by atoms with van der Waals surface area (Å²) in [4.78, 5) is 54.4. The van der Waals surface area contributed by atoms with Crippen molar-refractivity contribution >= 4 is 28.9 Å². The second-order valence-electron chi connectivity index (χ2n) is 8.75. The third-order valence-corrected chi connectivity index (χ3v) is 4.89. The highest BCUT2D eigenvalue weighted by atomic mass is 16.2. The van der Waals surface area contributed by atoms with Crippen LogP contribution in [0.5, 0.6) is 0 Å². The zero-order valence-electron chi connectivity index (χ0n) is 19.4. The molecule has 2 heterocycles. The van der Waals surface area contributed by atoms with Crippen molar-refractivity contribution in [1.29, 1.82) is 0 Å². The predicted molar refractivity (Wildman–Crippen MR) is 125 cm³/mol. The molecule has 0 fully saturated rings. The van der Waals surface area contributed by atoms with E-state index in [0.29, 0.717) is 5.56 Å². The Morgan fingerprint density at radius 3 is 2.30 bits per heavy atom. The lowest BCUT2D eigenvalue weighted by atomic mass is 10.1. The first kappa shape index (κ1) is 23.8. The number of hydrogen-bond donors (Lipinski definition) is 3. The first-order valence-corrected chi connectivity index (χ1v) is 10.5. The van der Waals surface area contributed by atoms with E-state index < -0.39 is 16.8 Å². The third kappa shape index (κ3) is 5.30. The van der Waals surface area contributed by atoms with Crippen LogP contribution in [0.3, 0.4) is 0 Å². The number of rotatable bonds is 7. The third-order valence-electron chi connectivity index (χ3n) is 4.89. The molecule has 0 spiro atoms. The van der Waals surface area contributed by atoms with Crippen LogP contribution in [-0.4, -0.2) is 49.1 Å². The first-order chi connectivity index (χ1) is 15.5. The van der Waals surface area contributed by atoms with Gasteiger partial charge in [-0.25, -0.2) is 4.79 Å². The van der Waals surface area contributed by atoms with E-state index in [1.54, 1.807) is 24.3 Å². The largest absolute Gasteiger partial charge is 0.354 e. The van der Waals surface area contributed by atoms with Gasteiger partial charge in [0.2, 0.25) is 11.9 Å². The van der Waals surface area contributed by atoms with Crippen molar-refractivity contribution in [1.82, 2.24) is 29.3 Å². The Balaban J connectivity index is 1.86. The fraction of sp³-hybridized carbons (Fsp3) is 0.409. The van der Waals surface area contributed by atoms with Crippen molar-refractivity contribution in [2.24, 2.45) is 14.1 Å². The molecule has 3 N–H and O–H groups in total. The molecular weight excluding hydrogens is 426 g/mol. The Morgan fingerprint density at radius 1 is 1.00 bits per heavy atom. The van der Waals surface area contributed by atoms with Crippen LogP contribution in [0, 0.1) is 0 Å². The topological polar surface area (TPSA) is 132 Å². The maximum atomic E-state index is 12.9. The normalized spacial score (nSPS) is 11.4. The van der Waals surface area contributed by atoms with Crippen LogP contribution in [0.2, 0.25) is 0 Å². The first-order valence-electron chi connectivity index (χ1n) is 10.5. The van der Waals surface area contributed by atoms with E-state index in [4.69, 9.17) is 0 Å². The van der Waals surface area contributed by atoms with Gasteiger partial charge in [0.15, 0.2) is 11.2 Å². The van der Waals surface area contributed by atoms with Gasteiger partial charge < -0.3 is 16.0 Å². The number of aryl methyl sites for hydroxylation is 1. The highest BCUT2D eigenvalue weighted by molar-refractivity contribution is 5.94. The average molecular weight is 456 g/mol. The van der Waals surface area contributed by atoms with Crippen molar-refractivity contribution < 1.29 is 9.59 Å². The summed E-state index contributed by atoms with van der Waals surface area (Å²) in [6.07, 6.45) is 0. The summed E-state index contributed by atoms with van der Waals surface area (Å²) >= 11 is 0. The number of nitrogens with zero attached hydrogens (tertiary/aromatic N) is 4. The number of imidazole rings is 1. The van der Waals surface area contributed by atoms with Crippen molar-refractivity contribution in [3.8, 4) is 0 Å². The minimum absolute atomic E-state index is 0.138. The quantitative estimate of drug-likeness (QED) is 0.436. The molecular formula is C22H29N7O4. The molecule has 2 aromatic heterocycles. The Labute approximate surface area is 190 Å². The smallest absolute Gasteiger partial charge is 0.332 e. The Morgan fingerprint density at radius 2 is 1.67 bits per heavy atom. The van der Waals surface area contributed by atoms with Crippen LogP contribution in [0.4, 0.5) is 5.95 Å². The molecule has 1 aromatic carbocycles. The van der Waals surface area contributed by atoms with Gasteiger partial charge in [-0.1, -0.05) is 18.2 Å². The van der Waals surface area contributed by atoms with Gasteiger partial charge in [-0.2, -0.15) is 4.98 Å². The van der Waals surface area contributed by atoms with Crippen molar-refractivity contribution in [2.45, 2.75) is 32.9 Å². The van der Waals surface area contributed by atoms with E-state index in [0.717, 1.165) is 4.57 Å². The highest BCUT2D eigenvalue weighted by Crippen LogP contribution is 2.15. The SMILES string of the molecule is Cn1c(=O)c2c(nc(NCCNC(=O)c3ccccc3)n2CC(=O)NC(C)(C)C)n(C)c1=O. The number of hydrogen-bond acceptors (Lipinski definition) is 6. The molecule has 33 heavy (non-hydrogen) atoms. The number of fused-ring (bicyclic) bond motifs is 1. The number of nitrogens with one attached hydrogen (secondary N) is 3. The lowest BCUT2D eigenvalue weighted by Gasteiger charge is -2.21. The minimum atomic E-state index is -0.547. The van der Waals surface area contributed by atoms with Crippen LogP contribution >= 0.6 is 0 Å². The summed E-state index contributed by atoms with van der Waals surface area (Å²) in [7, 11) is 2.89. The molecule has 176 valence electrons. The van der Waals surface area contributed by atoms with Crippen molar-refractivity contribution in [3.05, 3.63) is 56.7 Å². The fourth-order valence-electron chi connectivity index (χ4n) is 3.38. The number of carbonyl (C=O) groups excluding carboxylic acids is 2. The Kier molecular flexibility index (Phi) is 6.70. The predicted octanol–water partition coefficient (Wildman–Crippen LogP) is 0.190. The molecule has 11 nitrogen and oxygen atoms in total. The molecule has 0 unspecified atom stereocenters. The molecule has 0 aliphatic rings. The van der Waals surface area contributed by atoms with Gasteiger partial charge in [0.25, 0.3) is 11.5 Å². The standard InChI is InChI=1S/C22H29N7O4/c1-22(2,3)26-15(30)13-29-16-17(27(4)21(33)28(5)19(16)32)25-20(29)24-12-11-23-18(31)14-9-7-6-8-10-14/h6-10H,11-13H2,1-5H3,(H,23,31)(H,24,25)(H,26,30). The molecule has 2 amide bonds. The molecule has 0 bridgehead atoms. The molecule has 0 atom stereocenters. The number of amides is 2. The molecule has 0 aliphatic carbocycles. The molecule has 3 aromatic rings. The fourth-order valence-corrected chi connectivity index (χ4v) is 3.38. The summed E-state index contributed by atoms with van der Waals surface area (Å²) < 4.78 is 3.69. The summed E-state index contributed by atoms with van der Waals surface area (Å²) in [5.74, 6) is -0.272. The molecule has 0 aliphatic heterocycles. The van der Waals surface area contributed by atoms with E-state index in [1.165, 1.54) is 23.2 Å². The summed E-state index contributed by atoms with van der Waals surface area (Å²) in [5, 5.41) is 8.72. The molecule has 11 heteroatoms. The van der Waals surface area contributed by atoms with E-state index in [2.05, 4.69) is 20.9 Å². The average Bonchev–Trinajstić information content (AvgIpc) is 3.11. The number of aromatic nitrogens is 4. The van der Waals surface area contributed by atoms with Crippen LogP contribution in [0.15, 0.2) is 39.9 Å². The zero-order valence-corrected chi connectivity index (χ0v) is 19.4. The van der Waals surface area contributed by atoms with E-state index in [9.17, 15) is 19.2 Å². The number of anilines is 1. The van der Waals surface area contributed by atoms with E-state index in [1.807, 2.05) is 26.8 Å². The minimum Gasteiger partial charge on any atom is -0.354 e. The van der Waals surface area contributed by atoms with E-state index in [-0.39, 0.29) is 48.6 Å². The maximum Gasteiger partial charge on any atom is 0.332 e. The van der Waals surface area contributed by atoms with Gasteiger partial charge in [0.1, 0.15) is 6.54 Å². The van der Waals surface area contributed by atoms with Gasteiger partial charge in [-0.3, -0.25) is 28.1 Å². The molecule has 3 rings (SSSR count). The lowest BCUT2D eigenvalue weighted by Crippen LogP contribution is -2.43. The van der Waals surface area contributed by atoms with Crippen LogP contribution < -0.4 is 27.2 Å². The summed E-state index contributed by atoms with van der Waals surface area (Å²) in [6, 6.07) is 8.82. The van der Waals surface area contributed by atoms with Crippen LogP contribution in [0.1, 0.15) is 31.1 Å². The molecule has 0 radical (unpaired) electrons. The van der Waals surface area contributed by atoms with Crippen molar-refractivity contribution in [3.63, 3.8) is 0 Å². The van der Waals surface area contributed by atoms with Gasteiger partial charge in [0, 0.05) is 38.3 Å². The Hall–Kier alpha value is -3.89. The van der Waals surface area contributed by atoms with Crippen molar-refractivity contribution in [2.75, 3.05) is 18.4 Å². The molecule has 0 saturated carbocycles. The van der Waals surface area contributed by atoms with Gasteiger partial charge >= 0.3 is 5.69 Å². The monoisotopic (exact) mass is 455 g/mol. The summed E-state index contributed by atoms with van der Waals surface area (Å²) in [5.41, 5.74) is -0.669. The van der Waals surface area contributed by atoms with Gasteiger partial charge in [-0.05, 0) is 32.9 Å². The second kappa shape index (κ2) is 9.31. The maximum absolute atomic E-state index is 12.9.